The van der Waals surface area contributed by atoms with Crippen molar-refractivity contribution >= 4 is 23.0 Å². The average Bonchev–Trinajstić information content (AvgIpc) is 2.96. The third kappa shape index (κ3) is 3.60. The van der Waals surface area contributed by atoms with Crippen molar-refractivity contribution in [1.29, 1.82) is 0 Å². The number of allylic oxidation sites excluding steroid dienone is 1. The Balaban J connectivity index is 0.00000208. The molecule has 0 N–H and O–H groups in total. The molecule has 1 aliphatic rings. The third-order valence-electron chi connectivity index (χ3n) is 5.47. The molecule has 0 fully saturated rings. The van der Waals surface area contributed by atoms with Gasteiger partial charge in [-0.1, -0.05) is 45.4 Å². The van der Waals surface area contributed by atoms with Crippen LogP contribution in [0.2, 0.25) is 0 Å². The molecule has 0 bridgehead atoms. The van der Waals surface area contributed by atoms with Crippen molar-refractivity contribution in [2.45, 2.75) is 65.2 Å². The number of hydrogen-bond donors (Lipinski definition) is 0. The van der Waals surface area contributed by atoms with Crippen LogP contribution in [-0.2, 0) is 10.8 Å². The minimum Gasteiger partial charge on any atom is -0.266 e. The van der Waals surface area contributed by atoms with E-state index >= 15 is 0 Å². The molecular formula is C22H27LiS. The molecule has 24 heavy (non-hydrogen) atoms. The van der Waals surface area contributed by atoms with Gasteiger partial charge in [0.05, 0.1) is 0 Å². The van der Waals surface area contributed by atoms with E-state index in [4.69, 9.17) is 0 Å². The molecule has 0 unspecified atom stereocenters. The van der Waals surface area contributed by atoms with Crippen LogP contribution in [0.1, 0.15) is 74.6 Å². The fourth-order valence-corrected chi connectivity index (χ4v) is 4.42. The standard InChI is InChI=1S/C22H27S.Li/c1-15(12-17-8-7-11-23-17)18-14-20-19(13-16(18)2)21(3,4)9-10-22(20,5)6;/h8,11-14H,9-10H2,1-6H3;/q-1;+1/b15-12+;. The summed E-state index contributed by atoms with van der Waals surface area (Å²) in [5.74, 6) is 0. The molecule has 0 radical (unpaired) electrons. The second-order valence-corrected chi connectivity index (χ2v) is 9.20. The van der Waals surface area contributed by atoms with Gasteiger partial charge >= 0.3 is 18.9 Å². The zero-order valence-electron chi connectivity index (χ0n) is 16.2. The normalized spacial score (nSPS) is 18.7. The molecule has 3 rings (SSSR count). The minimum absolute atomic E-state index is 0. The smallest absolute Gasteiger partial charge is 0.266 e. The molecule has 0 spiro atoms. The van der Waals surface area contributed by atoms with Gasteiger partial charge in [0.1, 0.15) is 0 Å². The van der Waals surface area contributed by atoms with Crippen molar-refractivity contribution < 1.29 is 18.9 Å². The van der Waals surface area contributed by atoms with Gasteiger partial charge < -0.3 is 0 Å². The zero-order valence-corrected chi connectivity index (χ0v) is 17.0. The first-order chi connectivity index (χ1) is 10.7. The van der Waals surface area contributed by atoms with Gasteiger partial charge in [-0.25, -0.2) is 12.1 Å². The van der Waals surface area contributed by atoms with E-state index in [2.05, 4.69) is 71.9 Å². The van der Waals surface area contributed by atoms with E-state index in [1.54, 1.807) is 22.5 Å². The predicted octanol–water partition coefficient (Wildman–Crippen LogP) is 3.77. The molecule has 2 aromatic rings. The molecule has 0 nitrogen and oxygen atoms in total. The van der Waals surface area contributed by atoms with Crippen LogP contribution in [0.3, 0.4) is 0 Å². The third-order valence-corrected chi connectivity index (χ3v) is 6.23. The molecule has 2 heteroatoms. The molecular weight excluding hydrogens is 303 g/mol. The molecule has 1 aromatic heterocycles. The molecule has 0 saturated heterocycles. The van der Waals surface area contributed by atoms with Crippen molar-refractivity contribution in [3.8, 4) is 0 Å². The first-order valence-corrected chi connectivity index (χ1v) is 9.37. The van der Waals surface area contributed by atoms with Gasteiger partial charge in [-0.05, 0) is 59.8 Å². The van der Waals surface area contributed by atoms with Gasteiger partial charge in [0, 0.05) is 0 Å². The fraction of sp³-hybridized carbons (Fsp3) is 0.455. The fourth-order valence-electron chi connectivity index (χ4n) is 3.77. The average molecular weight is 330 g/mol. The summed E-state index contributed by atoms with van der Waals surface area (Å²) < 4.78 is 0. The van der Waals surface area contributed by atoms with Crippen LogP contribution in [0, 0.1) is 13.0 Å². The summed E-state index contributed by atoms with van der Waals surface area (Å²) in [7, 11) is 0. The first-order valence-electron chi connectivity index (χ1n) is 8.50. The molecule has 0 atom stereocenters. The maximum atomic E-state index is 3.15. The second kappa shape index (κ2) is 6.87. The summed E-state index contributed by atoms with van der Waals surface area (Å²) in [5, 5.41) is 2.02. The number of benzene rings is 1. The van der Waals surface area contributed by atoms with Crippen LogP contribution < -0.4 is 18.9 Å². The Hall–Kier alpha value is -0.743. The SMILES string of the molecule is C/C(=C\c1c[c-]cs1)c1cc2c(cc1C)C(C)(C)CCC2(C)C.[Li+]. The Bertz CT molecular complexity index is 749. The summed E-state index contributed by atoms with van der Waals surface area (Å²) in [5.41, 5.74) is 7.78. The van der Waals surface area contributed by atoms with Gasteiger partial charge in [-0.2, -0.15) is 0 Å². The van der Waals surface area contributed by atoms with Crippen LogP contribution in [0.15, 0.2) is 23.6 Å². The Morgan fingerprint density at radius 1 is 1.08 bits per heavy atom. The Morgan fingerprint density at radius 2 is 1.67 bits per heavy atom. The summed E-state index contributed by atoms with van der Waals surface area (Å²) in [4.78, 5) is 1.28. The Kier molecular flexibility index (Phi) is 5.61. The van der Waals surface area contributed by atoms with Gasteiger partial charge in [-0.15, -0.1) is 16.3 Å². The van der Waals surface area contributed by atoms with Crippen molar-refractivity contribution in [2.24, 2.45) is 0 Å². The Labute approximate surface area is 163 Å². The monoisotopic (exact) mass is 330 g/mol. The van der Waals surface area contributed by atoms with Crippen LogP contribution in [0.4, 0.5) is 0 Å². The van der Waals surface area contributed by atoms with Gasteiger partial charge in [-0.3, -0.25) is 11.3 Å². The van der Waals surface area contributed by atoms with Crippen molar-refractivity contribution in [1.82, 2.24) is 0 Å². The molecule has 0 aliphatic heterocycles. The molecule has 1 aromatic carbocycles. The number of rotatable bonds is 2. The summed E-state index contributed by atoms with van der Waals surface area (Å²) in [6, 6.07) is 10.1. The van der Waals surface area contributed by atoms with Crippen LogP contribution >= 0.6 is 11.3 Å². The first kappa shape index (κ1) is 19.6. The molecule has 1 heterocycles. The quantitative estimate of drug-likeness (QED) is 0.581. The summed E-state index contributed by atoms with van der Waals surface area (Å²) >= 11 is 1.75. The van der Waals surface area contributed by atoms with E-state index in [-0.39, 0.29) is 29.7 Å². The number of hydrogen-bond acceptors (Lipinski definition) is 1. The summed E-state index contributed by atoms with van der Waals surface area (Å²) in [6.07, 6.45) is 4.82. The van der Waals surface area contributed by atoms with Crippen LogP contribution in [-0.4, -0.2) is 0 Å². The maximum absolute atomic E-state index is 3.15. The summed E-state index contributed by atoms with van der Waals surface area (Å²) in [6.45, 7) is 14.1. The topological polar surface area (TPSA) is 0 Å². The van der Waals surface area contributed by atoms with Crippen molar-refractivity contribution in [3.63, 3.8) is 0 Å². The van der Waals surface area contributed by atoms with Crippen molar-refractivity contribution in [2.75, 3.05) is 0 Å². The minimum atomic E-state index is 0. The second-order valence-electron chi connectivity index (χ2n) is 8.26. The number of thiophene rings is 1. The van der Waals surface area contributed by atoms with Crippen LogP contribution in [0.5, 0.6) is 0 Å². The number of aryl methyl sites for hydroxylation is 1. The molecule has 1 aliphatic carbocycles. The number of fused-ring (bicyclic) bond motifs is 1. The van der Waals surface area contributed by atoms with E-state index in [0.717, 1.165) is 0 Å². The zero-order chi connectivity index (χ0) is 16.8. The molecule has 122 valence electrons. The van der Waals surface area contributed by atoms with Crippen molar-refractivity contribution in [3.05, 3.63) is 56.8 Å². The van der Waals surface area contributed by atoms with E-state index in [9.17, 15) is 0 Å². The van der Waals surface area contributed by atoms with E-state index in [1.807, 2.05) is 5.38 Å². The maximum Gasteiger partial charge on any atom is 1.00 e. The van der Waals surface area contributed by atoms with E-state index in [0.29, 0.717) is 0 Å². The van der Waals surface area contributed by atoms with Gasteiger partial charge in [0.2, 0.25) is 0 Å². The predicted molar refractivity (Wildman–Crippen MR) is 103 cm³/mol. The molecule has 0 amide bonds. The van der Waals surface area contributed by atoms with E-state index < -0.39 is 0 Å². The largest absolute Gasteiger partial charge is 1.00 e. The van der Waals surface area contributed by atoms with Gasteiger partial charge in [0.25, 0.3) is 0 Å². The molecule has 0 saturated carbocycles. The van der Waals surface area contributed by atoms with Crippen LogP contribution in [0.25, 0.3) is 11.6 Å². The van der Waals surface area contributed by atoms with E-state index in [1.165, 1.54) is 34.4 Å². The van der Waals surface area contributed by atoms with Gasteiger partial charge in [0.15, 0.2) is 0 Å². The Morgan fingerprint density at radius 3 is 2.21 bits per heavy atom.